The summed E-state index contributed by atoms with van der Waals surface area (Å²) < 4.78 is 1.42. The minimum atomic E-state index is 0. The molecule has 3 heteroatoms. The van der Waals surface area contributed by atoms with Gasteiger partial charge >= 0.3 is 37.6 Å². The maximum Gasteiger partial charge on any atom is -1.00 e. The first-order chi connectivity index (χ1) is 9.42. The molecule has 0 aromatic heterocycles. The summed E-state index contributed by atoms with van der Waals surface area (Å²) in [5.74, 6) is 0. The van der Waals surface area contributed by atoms with Crippen LogP contribution in [0, 0.1) is 12.2 Å². The van der Waals surface area contributed by atoms with Gasteiger partial charge in [-0.15, -0.1) is 26.7 Å². The number of rotatable bonds is 2. The third kappa shape index (κ3) is 12.6. The average Bonchev–Trinajstić information content (AvgIpc) is 2.97. The van der Waals surface area contributed by atoms with Crippen molar-refractivity contribution in [2.45, 2.75) is 67.2 Å². The third-order valence-corrected chi connectivity index (χ3v) is 3.11. The Morgan fingerprint density at radius 3 is 1.27 bits per heavy atom. The predicted octanol–water partition coefficient (Wildman–Crippen LogP) is -0.295. The van der Waals surface area contributed by atoms with E-state index in [0.29, 0.717) is 0 Å². The molecular weight excluding hydrogens is 347 g/mol. The Labute approximate surface area is 162 Å². The number of hydrogen-bond donors (Lipinski definition) is 0. The maximum absolute atomic E-state index is 3.28. The first-order valence-electron chi connectivity index (χ1n) is 7.47. The zero-order valence-electron chi connectivity index (χ0n) is 14.7. The smallest absolute Gasteiger partial charge is 1.00 e. The van der Waals surface area contributed by atoms with Gasteiger partial charge in [0, 0.05) is 0 Å². The zero-order valence-corrected chi connectivity index (χ0v) is 17.8. The molecule has 0 heterocycles. The third-order valence-electron chi connectivity index (χ3n) is 3.11. The van der Waals surface area contributed by atoms with Gasteiger partial charge in [0.1, 0.15) is 0 Å². The van der Waals surface area contributed by atoms with E-state index < -0.39 is 0 Å². The molecule has 0 N–H and O–H groups in total. The molecule has 0 amide bonds. The molecular formula is C19H28Cl2Ti-2. The van der Waals surface area contributed by atoms with Gasteiger partial charge in [0.05, 0.1) is 0 Å². The second-order valence-electron chi connectivity index (χ2n) is 5.20. The second-order valence-corrected chi connectivity index (χ2v) is 6.76. The van der Waals surface area contributed by atoms with Crippen LogP contribution < -0.4 is 24.8 Å². The molecule has 124 valence electrons. The van der Waals surface area contributed by atoms with Crippen LogP contribution in [0.2, 0.25) is 0 Å². The van der Waals surface area contributed by atoms with Crippen LogP contribution in [0.1, 0.15) is 67.2 Å². The summed E-state index contributed by atoms with van der Waals surface area (Å²) in [6.07, 6.45) is 15.4. The van der Waals surface area contributed by atoms with Crippen molar-refractivity contribution in [2.75, 3.05) is 0 Å². The van der Waals surface area contributed by atoms with Crippen molar-refractivity contribution >= 4 is 3.81 Å². The van der Waals surface area contributed by atoms with Crippen molar-refractivity contribution in [3.8, 4) is 0 Å². The van der Waals surface area contributed by atoms with Gasteiger partial charge in [0.2, 0.25) is 0 Å². The monoisotopic (exact) mass is 374 g/mol. The second kappa shape index (κ2) is 16.0. The Morgan fingerprint density at radius 1 is 0.909 bits per heavy atom. The molecule has 0 aromatic rings. The fourth-order valence-electron chi connectivity index (χ4n) is 1.99. The van der Waals surface area contributed by atoms with Gasteiger partial charge in [-0.3, -0.25) is 12.2 Å². The van der Waals surface area contributed by atoms with Gasteiger partial charge in [0.15, 0.2) is 0 Å². The fourth-order valence-corrected chi connectivity index (χ4v) is 1.99. The van der Waals surface area contributed by atoms with Crippen molar-refractivity contribution in [1.29, 1.82) is 0 Å². The van der Waals surface area contributed by atoms with Gasteiger partial charge in [-0.1, -0.05) is 26.7 Å². The molecule has 2 aliphatic carbocycles. The summed E-state index contributed by atoms with van der Waals surface area (Å²) in [4.78, 5) is 0. The first kappa shape index (κ1) is 27.0. The van der Waals surface area contributed by atoms with E-state index in [1.807, 2.05) is 0 Å². The summed E-state index contributed by atoms with van der Waals surface area (Å²) in [6, 6.07) is 0. The van der Waals surface area contributed by atoms with Crippen molar-refractivity contribution in [1.82, 2.24) is 0 Å². The fraction of sp³-hybridized carbons (Fsp3) is 0.526. The van der Waals surface area contributed by atoms with Crippen LogP contribution in [0.15, 0.2) is 34.4 Å². The van der Waals surface area contributed by atoms with Gasteiger partial charge in [-0.2, -0.15) is 12.2 Å². The Balaban J connectivity index is -0.000000249. The predicted molar refractivity (Wildman–Crippen MR) is 87.2 cm³/mol. The molecule has 0 saturated carbocycles. The molecule has 0 nitrogen and oxygen atoms in total. The average molecular weight is 375 g/mol. The molecule has 2 rings (SSSR count). The van der Waals surface area contributed by atoms with Gasteiger partial charge in [-0.25, -0.2) is 22.3 Å². The molecule has 0 bridgehead atoms. The molecule has 0 aliphatic heterocycles. The molecule has 0 atom stereocenters. The van der Waals surface area contributed by atoms with Crippen LogP contribution in [0.5, 0.6) is 0 Å². The van der Waals surface area contributed by atoms with E-state index in [-0.39, 0.29) is 24.8 Å². The summed E-state index contributed by atoms with van der Waals surface area (Å²) in [5.41, 5.74) is 5.66. The van der Waals surface area contributed by atoms with E-state index in [9.17, 15) is 0 Å². The van der Waals surface area contributed by atoms with Crippen LogP contribution in [0.4, 0.5) is 0 Å². The van der Waals surface area contributed by atoms with Crippen molar-refractivity contribution in [3.05, 3.63) is 46.6 Å². The largest absolute Gasteiger partial charge is 1.00 e. The van der Waals surface area contributed by atoms with Crippen LogP contribution in [-0.4, -0.2) is 3.81 Å². The SMILES string of the molecule is CCC1=[C-]CC=C1C.CCC1=[C-]CC=C1C.C[C](C)=[Ti+2].[Cl-].[Cl-]. The summed E-state index contributed by atoms with van der Waals surface area (Å²) in [7, 11) is 0. The molecule has 0 radical (unpaired) electrons. The van der Waals surface area contributed by atoms with E-state index in [0.717, 1.165) is 25.7 Å². The van der Waals surface area contributed by atoms with Gasteiger partial charge in [0.25, 0.3) is 0 Å². The first-order valence-corrected chi connectivity index (χ1v) is 8.25. The van der Waals surface area contributed by atoms with Crippen molar-refractivity contribution in [2.24, 2.45) is 0 Å². The van der Waals surface area contributed by atoms with Crippen LogP contribution >= 0.6 is 0 Å². The van der Waals surface area contributed by atoms with E-state index in [1.54, 1.807) is 0 Å². The molecule has 22 heavy (non-hydrogen) atoms. The standard InChI is InChI=1S/2C8H11.C3H6.2ClH.Ti/c2*1-3-8-6-4-5-7(8)2;1-3-2;;;/h2*5H,3-4H2,1-2H3;1-2H3;2*1H;/q2*-1;;;;+2/p-2. The van der Waals surface area contributed by atoms with Crippen LogP contribution in [0.3, 0.4) is 0 Å². The van der Waals surface area contributed by atoms with E-state index in [1.165, 1.54) is 26.1 Å². The topological polar surface area (TPSA) is 0 Å². The Bertz CT molecular complexity index is 400. The summed E-state index contributed by atoms with van der Waals surface area (Å²) in [6.45, 7) is 12.8. The zero-order chi connectivity index (χ0) is 15.5. The Kier molecular flexibility index (Phi) is 19.6. The summed E-state index contributed by atoms with van der Waals surface area (Å²) >= 11 is 2.08. The molecule has 0 unspecified atom stereocenters. The van der Waals surface area contributed by atoms with E-state index in [2.05, 4.69) is 85.8 Å². The van der Waals surface area contributed by atoms with E-state index in [4.69, 9.17) is 0 Å². The Hall–Kier alpha value is 0.124. The van der Waals surface area contributed by atoms with Crippen molar-refractivity contribution < 1.29 is 44.8 Å². The van der Waals surface area contributed by atoms with Crippen LogP contribution in [-0.2, 0) is 20.0 Å². The number of halogens is 2. The van der Waals surface area contributed by atoms with E-state index >= 15 is 0 Å². The molecule has 0 spiro atoms. The minimum absolute atomic E-state index is 0. The Morgan fingerprint density at radius 2 is 1.18 bits per heavy atom. The normalized spacial score (nSPS) is 14.5. The molecule has 0 aromatic carbocycles. The maximum atomic E-state index is 3.28. The number of allylic oxidation sites excluding steroid dienone is 8. The molecule has 2 aliphatic rings. The van der Waals surface area contributed by atoms with Gasteiger partial charge in [-0.05, 0) is 0 Å². The molecule has 0 fully saturated rings. The quantitative estimate of drug-likeness (QED) is 0.460. The van der Waals surface area contributed by atoms with Crippen LogP contribution in [0.25, 0.3) is 0 Å². The van der Waals surface area contributed by atoms with Gasteiger partial charge < -0.3 is 24.8 Å². The van der Waals surface area contributed by atoms with Crippen molar-refractivity contribution in [3.63, 3.8) is 0 Å². The molecule has 0 saturated heterocycles. The summed E-state index contributed by atoms with van der Waals surface area (Å²) in [5, 5.41) is 0. The minimum Gasteiger partial charge on any atom is -1.00 e. The number of hydrogen-bond acceptors (Lipinski definition) is 0.